The average Bonchev–Trinajstić information content (AvgIpc) is 3.19. The molecule has 1 aliphatic heterocycles. The molecule has 0 spiro atoms. The number of rotatable bonds is 4. The number of furan rings is 1. The predicted molar refractivity (Wildman–Crippen MR) is 112 cm³/mol. The van der Waals surface area contributed by atoms with Gasteiger partial charge in [-0.05, 0) is 36.4 Å². The summed E-state index contributed by atoms with van der Waals surface area (Å²) in [7, 11) is 0. The van der Waals surface area contributed by atoms with Crippen LogP contribution in [0.15, 0.2) is 75.1 Å². The van der Waals surface area contributed by atoms with E-state index in [0.717, 1.165) is 4.90 Å². The van der Waals surface area contributed by atoms with Crippen LogP contribution >= 0.6 is 15.9 Å². The second-order valence-electron chi connectivity index (χ2n) is 6.47. The van der Waals surface area contributed by atoms with Crippen molar-refractivity contribution in [1.29, 1.82) is 0 Å². The molecule has 1 saturated heterocycles. The Morgan fingerprint density at radius 2 is 1.81 bits per heavy atom. The van der Waals surface area contributed by atoms with E-state index in [4.69, 9.17) is 4.42 Å². The van der Waals surface area contributed by atoms with Gasteiger partial charge in [0.2, 0.25) is 0 Å². The summed E-state index contributed by atoms with van der Waals surface area (Å²) in [5.41, 5.74) is 0.193. The Bertz CT molecular complexity index is 1280. The van der Waals surface area contributed by atoms with Gasteiger partial charge in [-0.3, -0.25) is 14.9 Å². The van der Waals surface area contributed by atoms with Crippen LogP contribution in [0.5, 0.6) is 0 Å². The summed E-state index contributed by atoms with van der Waals surface area (Å²) in [4.78, 5) is 49.6. The Kier molecular flexibility index (Phi) is 5.26. The number of hydrogen-bond donors (Lipinski definition) is 1. The maximum Gasteiger partial charge on any atom is 0.335 e. The number of benzene rings is 2. The number of nitrogens with one attached hydrogen (secondary N) is 1. The van der Waals surface area contributed by atoms with Gasteiger partial charge in [0.1, 0.15) is 17.1 Å². The van der Waals surface area contributed by atoms with Crippen molar-refractivity contribution >= 4 is 51.5 Å². The maximum atomic E-state index is 12.9. The lowest BCUT2D eigenvalue weighted by Gasteiger charge is -2.26. The van der Waals surface area contributed by atoms with E-state index >= 15 is 0 Å². The van der Waals surface area contributed by atoms with E-state index in [2.05, 4.69) is 21.2 Å². The molecule has 2 aromatic carbocycles. The number of carbonyl (C=O) groups is 4. The minimum absolute atomic E-state index is 0.0611. The third-order valence-corrected chi connectivity index (χ3v) is 4.99. The molecule has 0 radical (unpaired) electrons. The van der Waals surface area contributed by atoms with E-state index in [-0.39, 0.29) is 33.9 Å². The number of halogens is 1. The van der Waals surface area contributed by atoms with Crippen LogP contribution in [0.3, 0.4) is 0 Å². The summed E-state index contributed by atoms with van der Waals surface area (Å²) in [5, 5.41) is 13.5. The third kappa shape index (κ3) is 3.90. The number of carboxylic acid groups (broad SMARTS) is 1. The number of anilines is 1. The first-order valence-corrected chi connectivity index (χ1v) is 9.72. The molecule has 8 nitrogen and oxygen atoms in total. The van der Waals surface area contributed by atoms with E-state index < -0.39 is 23.8 Å². The largest absolute Gasteiger partial charge is 0.545 e. The molecule has 1 aromatic heterocycles. The van der Waals surface area contributed by atoms with Crippen molar-refractivity contribution in [2.45, 2.75) is 0 Å². The van der Waals surface area contributed by atoms with Crippen LogP contribution in [-0.4, -0.2) is 23.8 Å². The molecule has 4 rings (SSSR count). The topological polar surface area (TPSA) is 120 Å². The van der Waals surface area contributed by atoms with Crippen molar-refractivity contribution < 1.29 is 28.7 Å². The smallest absolute Gasteiger partial charge is 0.335 e. The molecule has 1 aliphatic rings. The summed E-state index contributed by atoms with van der Waals surface area (Å²) in [6, 6.07) is 14.7. The van der Waals surface area contributed by atoms with E-state index in [9.17, 15) is 24.3 Å². The van der Waals surface area contributed by atoms with Crippen LogP contribution in [0.2, 0.25) is 0 Å². The molecule has 0 unspecified atom stereocenters. The molecule has 0 bridgehead atoms. The van der Waals surface area contributed by atoms with Crippen molar-refractivity contribution in [2.75, 3.05) is 4.90 Å². The van der Waals surface area contributed by atoms with Gasteiger partial charge in [-0.25, -0.2) is 9.69 Å². The van der Waals surface area contributed by atoms with Crippen molar-refractivity contribution in [1.82, 2.24) is 5.32 Å². The standard InChI is InChI=1S/C22H13BrN2O6/c23-12-4-3-5-13(10-12)25-20(27)17(19(26)24-22(25)30)11-14-8-9-18(31-14)15-6-1-2-7-16(15)21(28)29/h1-11H,(H,28,29)(H,24,26,30)/p-1/b17-11+. The van der Waals surface area contributed by atoms with Gasteiger partial charge in [0, 0.05) is 15.6 Å². The number of carbonyl (C=O) groups excluding carboxylic acids is 4. The van der Waals surface area contributed by atoms with Crippen LogP contribution in [0.25, 0.3) is 17.4 Å². The summed E-state index contributed by atoms with van der Waals surface area (Å²) >= 11 is 3.28. The minimum atomic E-state index is -1.36. The molecule has 2 heterocycles. The average molecular weight is 480 g/mol. The Morgan fingerprint density at radius 3 is 2.55 bits per heavy atom. The van der Waals surface area contributed by atoms with Crippen molar-refractivity contribution in [2.24, 2.45) is 0 Å². The highest BCUT2D eigenvalue weighted by Gasteiger charge is 2.37. The first kappa shape index (κ1) is 20.3. The number of hydrogen-bond acceptors (Lipinski definition) is 6. The van der Waals surface area contributed by atoms with Crippen molar-refractivity contribution in [3.05, 3.63) is 82.0 Å². The monoisotopic (exact) mass is 479 g/mol. The summed E-state index contributed by atoms with van der Waals surface area (Å²) in [6.07, 6.45) is 1.19. The van der Waals surface area contributed by atoms with Crippen LogP contribution in [-0.2, 0) is 9.59 Å². The van der Waals surface area contributed by atoms with Gasteiger partial charge in [-0.1, -0.05) is 46.3 Å². The van der Waals surface area contributed by atoms with Gasteiger partial charge in [0.25, 0.3) is 11.8 Å². The van der Waals surface area contributed by atoms with Gasteiger partial charge in [-0.15, -0.1) is 0 Å². The quantitative estimate of drug-likeness (QED) is 0.453. The van der Waals surface area contributed by atoms with E-state index in [1.54, 1.807) is 42.5 Å². The molecule has 0 atom stereocenters. The van der Waals surface area contributed by atoms with E-state index in [1.807, 2.05) is 0 Å². The first-order valence-electron chi connectivity index (χ1n) is 8.93. The van der Waals surface area contributed by atoms with Crippen LogP contribution in [0, 0.1) is 0 Å². The number of imide groups is 2. The number of aromatic carboxylic acids is 1. The number of nitrogens with zero attached hydrogens (tertiary/aromatic N) is 1. The second-order valence-corrected chi connectivity index (χ2v) is 7.39. The normalized spacial score (nSPS) is 15.3. The molecular weight excluding hydrogens is 468 g/mol. The van der Waals surface area contributed by atoms with E-state index in [0.29, 0.717) is 4.47 Å². The van der Waals surface area contributed by atoms with Crippen LogP contribution < -0.4 is 15.3 Å². The molecule has 3 aromatic rings. The van der Waals surface area contributed by atoms with Gasteiger partial charge in [-0.2, -0.15) is 0 Å². The highest BCUT2D eigenvalue weighted by atomic mass is 79.9. The van der Waals surface area contributed by atoms with Crippen molar-refractivity contribution in [3.63, 3.8) is 0 Å². The number of carboxylic acids is 1. The van der Waals surface area contributed by atoms with Crippen LogP contribution in [0.1, 0.15) is 16.1 Å². The lowest BCUT2D eigenvalue weighted by Crippen LogP contribution is -2.54. The molecule has 0 saturated carbocycles. The number of urea groups is 1. The minimum Gasteiger partial charge on any atom is -0.545 e. The SMILES string of the molecule is O=C1NC(=O)N(c2cccc(Br)c2)C(=O)/C1=C/c1ccc(-c2ccccc2C(=O)[O-])o1. The zero-order valence-corrected chi connectivity index (χ0v) is 17.2. The molecule has 4 amide bonds. The fraction of sp³-hybridized carbons (Fsp3) is 0. The first-order chi connectivity index (χ1) is 14.8. The molecule has 1 fully saturated rings. The lowest BCUT2D eigenvalue weighted by molar-refractivity contribution is -0.255. The number of amides is 4. The fourth-order valence-electron chi connectivity index (χ4n) is 3.10. The molecule has 154 valence electrons. The molecule has 1 N–H and O–H groups in total. The van der Waals surface area contributed by atoms with Gasteiger partial charge in [0.15, 0.2) is 0 Å². The van der Waals surface area contributed by atoms with Gasteiger partial charge >= 0.3 is 6.03 Å². The molecular formula is C22H12BrN2O6-. The fourth-order valence-corrected chi connectivity index (χ4v) is 3.49. The predicted octanol–water partition coefficient (Wildman–Crippen LogP) is 2.74. The van der Waals surface area contributed by atoms with E-state index in [1.165, 1.54) is 24.3 Å². The summed E-state index contributed by atoms with van der Waals surface area (Å²) in [6.45, 7) is 0. The zero-order valence-electron chi connectivity index (χ0n) is 15.6. The Morgan fingerprint density at radius 1 is 1.03 bits per heavy atom. The van der Waals surface area contributed by atoms with Crippen molar-refractivity contribution in [3.8, 4) is 11.3 Å². The molecule has 9 heteroatoms. The Balaban J connectivity index is 1.70. The maximum absolute atomic E-state index is 12.9. The highest BCUT2D eigenvalue weighted by Crippen LogP contribution is 2.28. The van der Waals surface area contributed by atoms with Gasteiger partial charge in [0.05, 0.1) is 11.7 Å². The number of barbiturate groups is 1. The summed E-state index contributed by atoms with van der Waals surface area (Å²) in [5.74, 6) is -2.70. The molecule has 0 aliphatic carbocycles. The Labute approximate surface area is 183 Å². The summed E-state index contributed by atoms with van der Waals surface area (Å²) < 4.78 is 6.28. The van der Waals surface area contributed by atoms with Crippen LogP contribution in [0.4, 0.5) is 10.5 Å². The third-order valence-electron chi connectivity index (χ3n) is 4.49. The highest BCUT2D eigenvalue weighted by molar-refractivity contribution is 9.10. The van der Waals surface area contributed by atoms with Gasteiger partial charge < -0.3 is 14.3 Å². The molecule has 31 heavy (non-hydrogen) atoms. The zero-order chi connectivity index (χ0) is 22.1. The Hall–Kier alpha value is -3.98. The lowest BCUT2D eigenvalue weighted by atomic mass is 10.1. The second kappa shape index (κ2) is 8.04.